The number of benzene rings is 1. The topological polar surface area (TPSA) is 38.3 Å². The van der Waals surface area contributed by atoms with Crippen molar-refractivity contribution in [2.24, 2.45) is 5.41 Å². The Labute approximate surface area is 163 Å². The Morgan fingerprint density at radius 1 is 1.24 bits per heavy atom. The minimum atomic E-state index is -1.09. The van der Waals surface area contributed by atoms with Crippen LogP contribution in [-0.2, 0) is 22.1 Å². The van der Waals surface area contributed by atoms with Crippen molar-refractivity contribution in [3.8, 4) is 0 Å². The van der Waals surface area contributed by atoms with Gasteiger partial charge < -0.3 is 4.74 Å². The van der Waals surface area contributed by atoms with Gasteiger partial charge >= 0.3 is 0 Å². The van der Waals surface area contributed by atoms with Crippen molar-refractivity contribution in [3.05, 3.63) is 33.8 Å². The summed E-state index contributed by atoms with van der Waals surface area (Å²) in [6.07, 6.45) is 5.37. The normalized spacial score (nSPS) is 33.4. The standard InChI is InChI=1S/C20H30BrNO2S/c1-18(2,3)25(23)22-17-16-12-15(21)7-6-14(16)13-20(17)10-8-19(4,24-5)9-11-20/h6-7,12,17,22H,8-11,13H2,1-5H3. The van der Waals surface area contributed by atoms with E-state index in [2.05, 4.69) is 45.8 Å². The number of ether oxygens (including phenoxy) is 1. The summed E-state index contributed by atoms with van der Waals surface area (Å²) in [5, 5.41) is 0. The number of rotatable bonds is 3. The van der Waals surface area contributed by atoms with Crippen LogP contribution in [0.5, 0.6) is 0 Å². The van der Waals surface area contributed by atoms with E-state index in [4.69, 9.17) is 4.74 Å². The van der Waals surface area contributed by atoms with Crippen molar-refractivity contribution in [1.29, 1.82) is 0 Å². The molecule has 0 saturated heterocycles. The lowest BCUT2D eigenvalue weighted by molar-refractivity contribution is -0.0577. The molecule has 0 bridgehead atoms. The average Bonchev–Trinajstić information content (AvgIpc) is 2.83. The van der Waals surface area contributed by atoms with Crippen molar-refractivity contribution in [2.75, 3.05) is 7.11 Å². The van der Waals surface area contributed by atoms with Crippen molar-refractivity contribution in [3.63, 3.8) is 0 Å². The third kappa shape index (κ3) is 3.76. The van der Waals surface area contributed by atoms with Crippen molar-refractivity contribution >= 4 is 26.9 Å². The summed E-state index contributed by atoms with van der Waals surface area (Å²) >= 11 is 3.62. The molecule has 5 heteroatoms. The SMILES string of the molecule is COC1(C)CCC2(CC1)Cc1ccc(Br)cc1C2NS(=O)C(C)(C)C. The molecule has 25 heavy (non-hydrogen) atoms. The zero-order chi connectivity index (χ0) is 18.5. The molecule has 2 aliphatic rings. The van der Waals surface area contributed by atoms with Gasteiger partial charge in [0.15, 0.2) is 0 Å². The van der Waals surface area contributed by atoms with E-state index in [0.29, 0.717) is 0 Å². The van der Waals surface area contributed by atoms with E-state index in [1.165, 1.54) is 11.1 Å². The van der Waals surface area contributed by atoms with E-state index < -0.39 is 11.0 Å². The second-order valence-corrected chi connectivity index (χ2v) is 11.9. The van der Waals surface area contributed by atoms with Crippen molar-refractivity contribution in [2.45, 2.75) is 76.2 Å². The van der Waals surface area contributed by atoms with Crippen molar-refractivity contribution < 1.29 is 8.95 Å². The number of methoxy groups -OCH3 is 1. The Kier molecular flexibility index (Phi) is 5.26. The van der Waals surface area contributed by atoms with Gasteiger partial charge in [-0.25, -0.2) is 8.93 Å². The smallest absolute Gasteiger partial charge is 0.0976 e. The summed E-state index contributed by atoms with van der Waals surface area (Å²) in [6, 6.07) is 6.71. The van der Waals surface area contributed by atoms with Crippen LogP contribution in [-0.4, -0.2) is 21.7 Å². The Balaban J connectivity index is 1.94. The number of nitrogens with one attached hydrogen (secondary N) is 1. The third-order valence-corrected chi connectivity index (χ3v) is 8.21. The molecule has 1 N–H and O–H groups in total. The quantitative estimate of drug-likeness (QED) is 0.731. The van der Waals surface area contributed by atoms with E-state index in [1.807, 2.05) is 27.9 Å². The molecule has 0 aliphatic heterocycles. The molecule has 1 spiro atoms. The summed E-state index contributed by atoms with van der Waals surface area (Å²) in [6.45, 7) is 8.31. The van der Waals surface area contributed by atoms with Crippen LogP contribution < -0.4 is 4.72 Å². The molecule has 1 aromatic rings. The lowest BCUT2D eigenvalue weighted by Crippen LogP contribution is -2.46. The van der Waals surface area contributed by atoms with Crippen molar-refractivity contribution in [1.82, 2.24) is 4.72 Å². The summed E-state index contributed by atoms with van der Waals surface area (Å²) < 4.78 is 23.0. The molecule has 0 amide bonds. The molecule has 1 aromatic carbocycles. The molecule has 0 aromatic heterocycles. The summed E-state index contributed by atoms with van der Waals surface area (Å²) in [4.78, 5) is 0. The van der Waals surface area contributed by atoms with Gasteiger partial charge in [0, 0.05) is 11.6 Å². The molecule has 3 rings (SSSR count). The van der Waals surface area contributed by atoms with Gasteiger partial charge in [-0.15, -0.1) is 0 Å². The zero-order valence-electron chi connectivity index (χ0n) is 15.9. The lowest BCUT2D eigenvalue weighted by Gasteiger charge is -2.46. The van der Waals surface area contributed by atoms with Gasteiger partial charge in [0.25, 0.3) is 0 Å². The molecule has 140 valence electrons. The highest BCUT2D eigenvalue weighted by Gasteiger charge is 2.51. The fourth-order valence-corrected chi connectivity index (χ4v) is 5.55. The van der Waals surface area contributed by atoms with Gasteiger partial charge in [0.2, 0.25) is 0 Å². The van der Waals surface area contributed by atoms with Gasteiger partial charge in [0.1, 0.15) is 0 Å². The first kappa shape index (κ1) is 19.5. The molecule has 1 saturated carbocycles. The van der Waals surface area contributed by atoms with Gasteiger partial charge in [0.05, 0.1) is 27.4 Å². The van der Waals surface area contributed by atoms with E-state index >= 15 is 0 Å². The number of fused-ring (bicyclic) bond motifs is 1. The van der Waals surface area contributed by atoms with E-state index in [-0.39, 0.29) is 21.8 Å². The predicted octanol–water partition coefficient (Wildman–Crippen LogP) is 5.06. The van der Waals surface area contributed by atoms with Crippen LogP contribution >= 0.6 is 15.9 Å². The van der Waals surface area contributed by atoms with Gasteiger partial charge in [-0.2, -0.15) is 0 Å². The Bertz CT molecular complexity index is 675. The second-order valence-electron chi connectivity index (χ2n) is 8.97. The molecule has 1 fully saturated rings. The maximum Gasteiger partial charge on any atom is 0.0976 e. The van der Waals surface area contributed by atoms with Gasteiger partial charge in [-0.05, 0) is 88.5 Å². The highest BCUT2D eigenvalue weighted by atomic mass is 79.9. The third-order valence-electron chi connectivity index (χ3n) is 6.15. The molecular formula is C20H30BrNO2S. The number of halogens is 1. The highest BCUT2D eigenvalue weighted by molar-refractivity contribution is 9.10. The molecule has 0 radical (unpaired) electrons. The minimum absolute atomic E-state index is 0.0195. The molecule has 2 aliphatic carbocycles. The van der Waals surface area contributed by atoms with E-state index in [0.717, 1.165) is 36.6 Å². The molecular weight excluding hydrogens is 398 g/mol. The first-order chi connectivity index (χ1) is 11.6. The fraction of sp³-hybridized carbons (Fsp3) is 0.700. The minimum Gasteiger partial charge on any atom is -0.379 e. The first-order valence-corrected chi connectivity index (χ1v) is 11.0. The number of hydrogen-bond acceptors (Lipinski definition) is 2. The van der Waals surface area contributed by atoms with Gasteiger partial charge in [-0.3, -0.25) is 0 Å². The van der Waals surface area contributed by atoms with Crippen LogP contribution in [0.15, 0.2) is 22.7 Å². The maximum absolute atomic E-state index is 12.9. The van der Waals surface area contributed by atoms with Crippen LogP contribution in [0.1, 0.15) is 70.5 Å². The van der Waals surface area contributed by atoms with Crippen LogP contribution in [0.3, 0.4) is 0 Å². The predicted molar refractivity (Wildman–Crippen MR) is 108 cm³/mol. The Morgan fingerprint density at radius 2 is 1.88 bits per heavy atom. The highest BCUT2D eigenvalue weighted by Crippen LogP contribution is 2.56. The molecule has 3 nitrogen and oxygen atoms in total. The van der Waals surface area contributed by atoms with Crippen LogP contribution in [0, 0.1) is 5.41 Å². The van der Waals surface area contributed by atoms with E-state index in [9.17, 15) is 4.21 Å². The summed E-state index contributed by atoms with van der Waals surface area (Å²) in [7, 11) is 0.736. The lowest BCUT2D eigenvalue weighted by atomic mass is 9.65. The molecule has 0 heterocycles. The average molecular weight is 428 g/mol. The van der Waals surface area contributed by atoms with Crippen LogP contribution in [0.25, 0.3) is 0 Å². The van der Waals surface area contributed by atoms with Crippen LogP contribution in [0.4, 0.5) is 0 Å². The first-order valence-electron chi connectivity index (χ1n) is 9.10. The van der Waals surface area contributed by atoms with Gasteiger partial charge in [-0.1, -0.05) is 22.0 Å². The fourth-order valence-electron chi connectivity index (χ4n) is 4.23. The Morgan fingerprint density at radius 3 is 2.44 bits per heavy atom. The molecule has 2 unspecified atom stereocenters. The number of hydrogen-bond donors (Lipinski definition) is 1. The zero-order valence-corrected chi connectivity index (χ0v) is 18.4. The summed E-state index contributed by atoms with van der Waals surface area (Å²) in [5.74, 6) is 0. The molecule has 2 atom stereocenters. The second kappa shape index (κ2) is 6.74. The largest absolute Gasteiger partial charge is 0.379 e. The Hall–Kier alpha value is -0.230. The maximum atomic E-state index is 12.9. The van der Waals surface area contributed by atoms with Crippen LogP contribution in [0.2, 0.25) is 0 Å². The monoisotopic (exact) mass is 427 g/mol. The summed E-state index contributed by atoms with van der Waals surface area (Å²) in [5.41, 5.74) is 2.83. The van der Waals surface area contributed by atoms with E-state index in [1.54, 1.807) is 0 Å².